The largest absolute Gasteiger partial charge is 0.424 e. The van der Waals surface area contributed by atoms with Gasteiger partial charge in [0.25, 0.3) is 6.01 Å². The minimum atomic E-state index is 0.535. The predicted octanol–water partition coefficient (Wildman–Crippen LogP) is 2.17. The van der Waals surface area contributed by atoms with Gasteiger partial charge in [0.15, 0.2) is 5.58 Å². The van der Waals surface area contributed by atoms with Crippen molar-refractivity contribution in [3.8, 4) is 0 Å². The van der Waals surface area contributed by atoms with Crippen LogP contribution in [0, 0.1) is 0 Å². The first-order chi connectivity index (χ1) is 8.33. The van der Waals surface area contributed by atoms with Gasteiger partial charge >= 0.3 is 0 Å². The second-order valence-corrected chi connectivity index (χ2v) is 3.79. The topological polar surface area (TPSA) is 55.9 Å². The van der Waals surface area contributed by atoms with Crippen molar-refractivity contribution in [3.05, 3.63) is 42.2 Å². The number of aromatic nitrogens is 3. The molecule has 1 aromatic carbocycles. The van der Waals surface area contributed by atoms with Crippen LogP contribution in [-0.2, 0) is 13.6 Å². The highest BCUT2D eigenvalue weighted by Gasteiger charge is 2.05. The lowest BCUT2D eigenvalue weighted by atomic mass is 10.3. The first-order valence-electron chi connectivity index (χ1n) is 5.39. The Kier molecular flexibility index (Phi) is 2.29. The van der Waals surface area contributed by atoms with Gasteiger partial charge in [0.2, 0.25) is 0 Å². The monoisotopic (exact) mass is 228 g/mol. The number of para-hydroxylation sites is 2. The summed E-state index contributed by atoms with van der Waals surface area (Å²) in [6.07, 6.45) is 1.77. The number of nitrogens with zero attached hydrogens (tertiary/aromatic N) is 3. The van der Waals surface area contributed by atoms with E-state index < -0.39 is 0 Å². The third-order valence-electron chi connectivity index (χ3n) is 2.64. The van der Waals surface area contributed by atoms with Gasteiger partial charge in [-0.3, -0.25) is 4.68 Å². The molecule has 0 saturated heterocycles. The molecule has 0 aliphatic carbocycles. The van der Waals surface area contributed by atoms with Crippen LogP contribution in [0.2, 0.25) is 0 Å². The van der Waals surface area contributed by atoms with Crippen molar-refractivity contribution in [1.82, 2.24) is 14.8 Å². The molecule has 2 heterocycles. The van der Waals surface area contributed by atoms with E-state index in [0.29, 0.717) is 12.6 Å². The molecule has 0 spiro atoms. The summed E-state index contributed by atoms with van der Waals surface area (Å²) in [4.78, 5) is 4.33. The highest BCUT2D eigenvalue weighted by molar-refractivity contribution is 5.74. The summed E-state index contributed by atoms with van der Waals surface area (Å²) in [7, 11) is 1.91. The second-order valence-electron chi connectivity index (χ2n) is 3.79. The Morgan fingerprint density at radius 3 is 2.94 bits per heavy atom. The Balaban J connectivity index is 1.79. The molecule has 0 amide bonds. The predicted molar refractivity (Wildman–Crippen MR) is 64.5 cm³/mol. The first-order valence-corrected chi connectivity index (χ1v) is 5.39. The summed E-state index contributed by atoms with van der Waals surface area (Å²) in [6.45, 7) is 0.642. The van der Waals surface area contributed by atoms with Crippen LogP contribution >= 0.6 is 0 Å². The molecule has 3 rings (SSSR count). The highest BCUT2D eigenvalue weighted by atomic mass is 16.4. The number of rotatable bonds is 3. The molecule has 0 radical (unpaired) electrons. The number of oxazole rings is 1. The quantitative estimate of drug-likeness (QED) is 0.746. The highest BCUT2D eigenvalue weighted by Crippen LogP contribution is 2.18. The van der Waals surface area contributed by atoms with Gasteiger partial charge in [0.05, 0.1) is 12.2 Å². The Morgan fingerprint density at radius 1 is 1.29 bits per heavy atom. The Labute approximate surface area is 98.1 Å². The second kappa shape index (κ2) is 3.93. The van der Waals surface area contributed by atoms with Crippen molar-refractivity contribution >= 4 is 17.1 Å². The fourth-order valence-corrected chi connectivity index (χ4v) is 1.69. The van der Waals surface area contributed by atoms with Gasteiger partial charge in [-0.2, -0.15) is 10.1 Å². The summed E-state index contributed by atoms with van der Waals surface area (Å²) < 4.78 is 7.37. The lowest BCUT2D eigenvalue weighted by molar-refractivity contribution is 0.610. The molecule has 0 fully saturated rings. The third kappa shape index (κ3) is 1.87. The smallest absolute Gasteiger partial charge is 0.296 e. The molecule has 86 valence electrons. The first kappa shape index (κ1) is 9.89. The number of fused-ring (bicyclic) bond motifs is 1. The summed E-state index contributed by atoms with van der Waals surface area (Å²) in [5.74, 6) is 0. The summed E-state index contributed by atoms with van der Waals surface area (Å²) >= 11 is 0. The number of hydrogen-bond acceptors (Lipinski definition) is 4. The van der Waals surface area contributed by atoms with E-state index in [0.717, 1.165) is 16.8 Å². The van der Waals surface area contributed by atoms with E-state index in [-0.39, 0.29) is 0 Å². The van der Waals surface area contributed by atoms with E-state index in [1.807, 2.05) is 42.1 Å². The van der Waals surface area contributed by atoms with Crippen molar-refractivity contribution in [1.29, 1.82) is 0 Å². The molecule has 0 bridgehead atoms. The Hall–Kier alpha value is -2.30. The van der Waals surface area contributed by atoms with Crippen molar-refractivity contribution in [3.63, 3.8) is 0 Å². The molecule has 0 aliphatic rings. The maximum absolute atomic E-state index is 5.55. The van der Waals surface area contributed by atoms with Crippen LogP contribution in [0.25, 0.3) is 11.1 Å². The minimum Gasteiger partial charge on any atom is -0.424 e. The normalized spacial score (nSPS) is 10.9. The zero-order chi connectivity index (χ0) is 11.7. The van der Waals surface area contributed by atoms with Crippen molar-refractivity contribution < 1.29 is 4.42 Å². The van der Waals surface area contributed by atoms with Crippen LogP contribution < -0.4 is 5.32 Å². The van der Waals surface area contributed by atoms with Gasteiger partial charge in [-0.1, -0.05) is 12.1 Å². The van der Waals surface area contributed by atoms with E-state index >= 15 is 0 Å². The van der Waals surface area contributed by atoms with Crippen LogP contribution in [0.15, 0.2) is 40.9 Å². The molecule has 0 aliphatic heterocycles. The van der Waals surface area contributed by atoms with Crippen LogP contribution in [0.5, 0.6) is 0 Å². The van der Waals surface area contributed by atoms with Crippen LogP contribution in [0.3, 0.4) is 0 Å². The van der Waals surface area contributed by atoms with Crippen LogP contribution in [0.4, 0.5) is 6.01 Å². The van der Waals surface area contributed by atoms with Gasteiger partial charge in [-0.25, -0.2) is 0 Å². The average Bonchev–Trinajstić information content (AvgIpc) is 2.92. The molecule has 0 atom stereocenters. The number of benzene rings is 1. The number of hydrogen-bond donors (Lipinski definition) is 1. The average molecular weight is 228 g/mol. The zero-order valence-electron chi connectivity index (χ0n) is 9.42. The van der Waals surface area contributed by atoms with Crippen molar-refractivity contribution in [2.24, 2.45) is 7.05 Å². The van der Waals surface area contributed by atoms with E-state index in [4.69, 9.17) is 4.42 Å². The van der Waals surface area contributed by atoms with E-state index in [1.165, 1.54) is 0 Å². The summed E-state index contributed by atoms with van der Waals surface area (Å²) in [5, 5.41) is 7.24. The maximum Gasteiger partial charge on any atom is 0.296 e. The zero-order valence-corrected chi connectivity index (χ0v) is 9.42. The molecule has 3 aromatic rings. The molecule has 1 N–H and O–H groups in total. The van der Waals surface area contributed by atoms with Crippen LogP contribution in [0.1, 0.15) is 5.69 Å². The number of aryl methyl sites for hydroxylation is 1. The SMILES string of the molecule is Cn1nccc1CNc1nc2ccccc2o1. The molecular formula is C12H12N4O. The summed E-state index contributed by atoms with van der Waals surface area (Å²) in [5.41, 5.74) is 2.73. The van der Waals surface area contributed by atoms with Gasteiger partial charge in [0, 0.05) is 13.2 Å². The van der Waals surface area contributed by atoms with E-state index in [2.05, 4.69) is 15.4 Å². The fourth-order valence-electron chi connectivity index (χ4n) is 1.69. The molecule has 2 aromatic heterocycles. The lowest BCUT2D eigenvalue weighted by Gasteiger charge is -2.01. The molecule has 5 nitrogen and oxygen atoms in total. The Morgan fingerprint density at radius 2 is 2.18 bits per heavy atom. The number of anilines is 1. The molecule has 0 saturated carbocycles. The van der Waals surface area contributed by atoms with Gasteiger partial charge in [-0.05, 0) is 18.2 Å². The number of nitrogens with one attached hydrogen (secondary N) is 1. The van der Waals surface area contributed by atoms with Gasteiger partial charge < -0.3 is 9.73 Å². The summed E-state index contributed by atoms with van der Waals surface area (Å²) in [6, 6.07) is 10.2. The molecule has 5 heteroatoms. The lowest BCUT2D eigenvalue weighted by Crippen LogP contribution is -2.05. The Bertz CT molecular complexity index is 608. The van der Waals surface area contributed by atoms with E-state index in [1.54, 1.807) is 6.20 Å². The van der Waals surface area contributed by atoms with E-state index in [9.17, 15) is 0 Å². The van der Waals surface area contributed by atoms with Gasteiger partial charge in [0.1, 0.15) is 5.52 Å². The fraction of sp³-hybridized carbons (Fsp3) is 0.167. The van der Waals surface area contributed by atoms with Crippen molar-refractivity contribution in [2.45, 2.75) is 6.54 Å². The third-order valence-corrected chi connectivity index (χ3v) is 2.64. The maximum atomic E-state index is 5.55. The molecule has 17 heavy (non-hydrogen) atoms. The van der Waals surface area contributed by atoms with Crippen molar-refractivity contribution in [2.75, 3.05) is 5.32 Å². The molecular weight excluding hydrogens is 216 g/mol. The molecule has 0 unspecified atom stereocenters. The van der Waals surface area contributed by atoms with Gasteiger partial charge in [-0.15, -0.1) is 0 Å². The van der Waals surface area contributed by atoms with Crippen LogP contribution in [-0.4, -0.2) is 14.8 Å². The minimum absolute atomic E-state index is 0.535. The standard InChI is InChI=1S/C12H12N4O/c1-16-9(6-7-14-16)8-13-12-15-10-4-2-3-5-11(10)17-12/h2-7H,8H2,1H3,(H,13,15).